The van der Waals surface area contributed by atoms with Crippen LogP contribution in [0.25, 0.3) is 0 Å². The molecule has 0 unspecified atom stereocenters. The minimum Gasteiger partial charge on any atom is -0.326 e. The largest absolute Gasteiger partial charge is 0.326 e. The van der Waals surface area contributed by atoms with E-state index in [2.05, 4.69) is 0 Å². The highest BCUT2D eigenvalue weighted by atomic mass is 32.2. The van der Waals surface area contributed by atoms with Crippen molar-refractivity contribution < 1.29 is 17.2 Å². The number of nitrogens with two attached hydrogens (primary N) is 1. The number of nitrogens with zero attached hydrogens (tertiary/aromatic N) is 1. The first-order valence-corrected chi connectivity index (χ1v) is 7.54. The minimum absolute atomic E-state index is 0.0815. The van der Waals surface area contributed by atoms with Crippen LogP contribution in [-0.2, 0) is 16.6 Å². The highest BCUT2D eigenvalue weighted by Crippen LogP contribution is 2.25. The zero-order valence-corrected chi connectivity index (χ0v) is 12.1. The van der Waals surface area contributed by atoms with Crippen molar-refractivity contribution in [3.8, 4) is 0 Å². The summed E-state index contributed by atoms with van der Waals surface area (Å²) in [5, 5.41) is 0. The van der Waals surface area contributed by atoms with Gasteiger partial charge in [0.25, 0.3) is 10.0 Å². The molecule has 2 N–H and O–H groups in total. The highest BCUT2D eigenvalue weighted by Gasteiger charge is 2.24. The van der Waals surface area contributed by atoms with Gasteiger partial charge in [0.1, 0.15) is 11.6 Å². The molecule has 0 aliphatic heterocycles. The fraction of sp³-hybridized carbons (Fsp3) is 0.143. The van der Waals surface area contributed by atoms with E-state index >= 15 is 0 Å². The van der Waals surface area contributed by atoms with Gasteiger partial charge in [-0.25, -0.2) is 17.2 Å². The monoisotopic (exact) mass is 312 g/mol. The molecule has 7 heteroatoms. The molecule has 0 aliphatic rings. The number of rotatable bonds is 4. The van der Waals surface area contributed by atoms with Crippen LogP contribution < -0.4 is 10.0 Å². The Kier molecular flexibility index (Phi) is 4.24. The van der Waals surface area contributed by atoms with Gasteiger partial charge in [-0.3, -0.25) is 4.31 Å². The molecule has 0 saturated heterocycles. The average Bonchev–Trinajstić information content (AvgIpc) is 2.47. The first kappa shape index (κ1) is 15.4. The number of halogens is 2. The molecule has 0 saturated carbocycles. The second kappa shape index (κ2) is 5.79. The number of anilines is 1. The summed E-state index contributed by atoms with van der Waals surface area (Å²) in [6.45, 7) is -0.126. The molecule has 4 nitrogen and oxygen atoms in total. The van der Waals surface area contributed by atoms with Crippen molar-refractivity contribution in [3.63, 3.8) is 0 Å². The van der Waals surface area contributed by atoms with Crippen molar-refractivity contribution in [2.24, 2.45) is 5.73 Å². The van der Waals surface area contributed by atoms with E-state index in [1.165, 1.54) is 25.2 Å². The topological polar surface area (TPSA) is 63.4 Å². The molecular weight excluding hydrogens is 298 g/mol. The lowest BCUT2D eigenvalue weighted by molar-refractivity contribution is 0.587. The Morgan fingerprint density at radius 1 is 1.10 bits per heavy atom. The standard InChI is InChI=1S/C14H14F2N2O2S/c1-18(14-5-3-2-4-13(14)16)21(19,20)11-6-7-12(15)10(8-11)9-17/h2-8H,9,17H2,1H3. The fourth-order valence-electron chi connectivity index (χ4n) is 1.86. The van der Waals surface area contributed by atoms with Crippen LogP contribution in [0.15, 0.2) is 47.4 Å². The molecule has 2 rings (SSSR count). The van der Waals surface area contributed by atoms with Crippen molar-refractivity contribution in [2.45, 2.75) is 11.4 Å². The smallest absolute Gasteiger partial charge is 0.264 e. The summed E-state index contributed by atoms with van der Waals surface area (Å²) in [5.74, 6) is -1.24. The number of benzene rings is 2. The van der Waals surface area contributed by atoms with Crippen molar-refractivity contribution in [1.82, 2.24) is 0 Å². The Labute approximate surface area is 121 Å². The maximum absolute atomic E-state index is 13.7. The van der Waals surface area contributed by atoms with Crippen molar-refractivity contribution in [1.29, 1.82) is 0 Å². The molecule has 0 aromatic heterocycles. The normalized spacial score (nSPS) is 11.4. The molecule has 21 heavy (non-hydrogen) atoms. The third-order valence-electron chi connectivity index (χ3n) is 3.09. The van der Waals surface area contributed by atoms with Gasteiger partial charge in [0, 0.05) is 19.2 Å². The van der Waals surface area contributed by atoms with E-state index in [0.29, 0.717) is 0 Å². The molecule has 0 aliphatic carbocycles. The molecule has 2 aromatic carbocycles. The molecule has 2 aromatic rings. The predicted molar refractivity (Wildman–Crippen MR) is 76.3 cm³/mol. The second-order valence-corrected chi connectivity index (χ2v) is 6.35. The van der Waals surface area contributed by atoms with Gasteiger partial charge in [-0.15, -0.1) is 0 Å². The lowest BCUT2D eigenvalue weighted by Crippen LogP contribution is -2.27. The van der Waals surface area contributed by atoms with Crippen LogP contribution >= 0.6 is 0 Å². The van der Waals surface area contributed by atoms with Gasteiger partial charge in [-0.05, 0) is 30.3 Å². The summed E-state index contributed by atoms with van der Waals surface area (Å²) in [5.41, 5.74) is 5.36. The first-order valence-electron chi connectivity index (χ1n) is 6.10. The third kappa shape index (κ3) is 2.88. The van der Waals surface area contributed by atoms with Gasteiger partial charge in [0.2, 0.25) is 0 Å². The number of para-hydroxylation sites is 1. The van der Waals surface area contributed by atoms with Gasteiger partial charge in [-0.1, -0.05) is 12.1 Å². The minimum atomic E-state index is -3.99. The molecule has 0 radical (unpaired) electrons. The molecule has 0 fully saturated rings. The Hall–Kier alpha value is -1.99. The van der Waals surface area contributed by atoms with Gasteiger partial charge in [0.15, 0.2) is 0 Å². The summed E-state index contributed by atoms with van der Waals surface area (Å²) in [4.78, 5) is -0.143. The van der Waals surface area contributed by atoms with Gasteiger partial charge in [0.05, 0.1) is 10.6 Å². The highest BCUT2D eigenvalue weighted by molar-refractivity contribution is 7.92. The zero-order valence-electron chi connectivity index (χ0n) is 11.3. The molecule has 0 atom stereocenters. The van der Waals surface area contributed by atoms with Gasteiger partial charge >= 0.3 is 0 Å². The van der Waals surface area contributed by atoms with Gasteiger partial charge < -0.3 is 5.73 Å². The predicted octanol–water partition coefficient (Wildman–Crippen LogP) is 2.25. The number of hydrogen-bond donors (Lipinski definition) is 1. The fourth-order valence-corrected chi connectivity index (χ4v) is 3.12. The molecular formula is C14H14F2N2O2S. The van der Waals surface area contributed by atoms with Crippen LogP contribution in [0.4, 0.5) is 14.5 Å². The van der Waals surface area contributed by atoms with E-state index in [1.807, 2.05) is 0 Å². The quantitative estimate of drug-likeness (QED) is 0.942. The molecule has 0 spiro atoms. The molecule has 0 bridgehead atoms. The summed E-state index contributed by atoms with van der Waals surface area (Å²) in [7, 11) is -2.76. The lowest BCUT2D eigenvalue weighted by atomic mass is 10.2. The first-order chi connectivity index (χ1) is 9.87. The Morgan fingerprint density at radius 2 is 1.76 bits per heavy atom. The van der Waals surface area contributed by atoms with Crippen LogP contribution in [0.1, 0.15) is 5.56 Å². The van der Waals surface area contributed by atoms with Crippen molar-refractivity contribution >= 4 is 15.7 Å². The van der Waals surface area contributed by atoms with E-state index < -0.39 is 21.7 Å². The molecule has 112 valence electrons. The van der Waals surface area contributed by atoms with Crippen LogP contribution in [0.2, 0.25) is 0 Å². The van der Waals surface area contributed by atoms with Gasteiger partial charge in [-0.2, -0.15) is 0 Å². The lowest BCUT2D eigenvalue weighted by Gasteiger charge is -2.20. The van der Waals surface area contributed by atoms with Crippen LogP contribution in [0.3, 0.4) is 0 Å². The summed E-state index contributed by atoms with van der Waals surface area (Å²) >= 11 is 0. The molecule has 0 amide bonds. The molecule has 0 heterocycles. The number of hydrogen-bond acceptors (Lipinski definition) is 3. The Balaban J connectivity index is 2.49. The van der Waals surface area contributed by atoms with E-state index in [9.17, 15) is 17.2 Å². The maximum Gasteiger partial charge on any atom is 0.264 e. The zero-order chi connectivity index (χ0) is 15.6. The SMILES string of the molecule is CN(c1ccccc1F)S(=O)(=O)c1ccc(F)c(CN)c1. The average molecular weight is 312 g/mol. The van der Waals surface area contributed by atoms with E-state index in [4.69, 9.17) is 5.73 Å². The van der Waals surface area contributed by atoms with Crippen LogP contribution in [0.5, 0.6) is 0 Å². The summed E-state index contributed by atoms with van der Waals surface area (Å²) in [6, 6.07) is 8.81. The van der Waals surface area contributed by atoms with Crippen molar-refractivity contribution in [2.75, 3.05) is 11.4 Å². The van der Waals surface area contributed by atoms with E-state index in [-0.39, 0.29) is 22.7 Å². The third-order valence-corrected chi connectivity index (χ3v) is 4.85. The van der Waals surface area contributed by atoms with E-state index in [1.54, 1.807) is 0 Å². The Morgan fingerprint density at radius 3 is 2.38 bits per heavy atom. The number of sulfonamides is 1. The second-order valence-electron chi connectivity index (χ2n) is 4.38. The van der Waals surface area contributed by atoms with E-state index in [0.717, 1.165) is 28.6 Å². The van der Waals surface area contributed by atoms with Crippen LogP contribution in [0, 0.1) is 11.6 Å². The van der Waals surface area contributed by atoms with Crippen LogP contribution in [-0.4, -0.2) is 15.5 Å². The maximum atomic E-state index is 13.7. The summed E-state index contributed by atoms with van der Waals surface area (Å²) in [6.07, 6.45) is 0. The van der Waals surface area contributed by atoms with Crippen molar-refractivity contribution in [3.05, 3.63) is 59.7 Å². The summed E-state index contributed by atoms with van der Waals surface area (Å²) < 4.78 is 52.8. The Bertz CT molecular complexity index is 763.